The topological polar surface area (TPSA) is 64.9 Å². The molecule has 0 aliphatic heterocycles. The summed E-state index contributed by atoms with van der Waals surface area (Å²) in [6.07, 6.45) is 3.66. The van der Waals surface area contributed by atoms with Crippen LogP contribution in [0.4, 0.5) is 0 Å². The molecule has 2 rings (SSSR count). The van der Waals surface area contributed by atoms with Crippen LogP contribution in [0.1, 0.15) is 38.9 Å². The third-order valence-corrected chi connectivity index (χ3v) is 3.15. The Kier molecular flexibility index (Phi) is 5.72. The van der Waals surface area contributed by atoms with Crippen LogP contribution in [0.2, 0.25) is 0 Å². The first-order valence-corrected chi connectivity index (χ1v) is 7.29. The number of hydrogen-bond acceptors (Lipinski definition) is 5. The van der Waals surface area contributed by atoms with Crippen LogP contribution in [-0.2, 0) is 17.8 Å². The first-order chi connectivity index (χ1) is 9.25. The molecule has 1 aliphatic carbocycles. The highest BCUT2D eigenvalue weighted by Crippen LogP contribution is 2.28. The van der Waals surface area contributed by atoms with Crippen LogP contribution in [0.5, 0.6) is 0 Å². The standard InChI is InChI=1S/C13H25N5O/c1-11(2)8-14-9-13-15-16-17-18(13)6-3-7-19-10-12-4-5-12/h11-12,14H,3-10H2,1-2H3. The Balaban J connectivity index is 1.60. The predicted molar refractivity (Wildman–Crippen MR) is 72.5 cm³/mol. The van der Waals surface area contributed by atoms with E-state index in [4.69, 9.17) is 4.74 Å². The fraction of sp³-hybridized carbons (Fsp3) is 0.923. The first-order valence-electron chi connectivity index (χ1n) is 7.29. The Bertz CT molecular complexity index is 362. The maximum Gasteiger partial charge on any atom is 0.165 e. The summed E-state index contributed by atoms with van der Waals surface area (Å²) in [6.45, 7) is 8.65. The average Bonchev–Trinajstić information content (AvgIpc) is 3.09. The highest BCUT2D eigenvalue weighted by molar-refractivity contribution is 4.79. The van der Waals surface area contributed by atoms with Crippen LogP contribution >= 0.6 is 0 Å². The third-order valence-electron chi connectivity index (χ3n) is 3.15. The van der Waals surface area contributed by atoms with Gasteiger partial charge in [0.15, 0.2) is 5.82 Å². The summed E-state index contributed by atoms with van der Waals surface area (Å²) in [7, 11) is 0. The fourth-order valence-corrected chi connectivity index (χ4v) is 1.85. The van der Waals surface area contributed by atoms with Gasteiger partial charge < -0.3 is 10.1 Å². The SMILES string of the molecule is CC(C)CNCc1nnnn1CCCOCC1CC1. The van der Waals surface area contributed by atoms with Crippen molar-refractivity contribution in [1.82, 2.24) is 25.5 Å². The maximum atomic E-state index is 5.61. The third kappa shape index (κ3) is 5.65. The van der Waals surface area contributed by atoms with Gasteiger partial charge in [0.25, 0.3) is 0 Å². The lowest BCUT2D eigenvalue weighted by Gasteiger charge is -2.08. The monoisotopic (exact) mass is 267 g/mol. The second-order valence-electron chi connectivity index (χ2n) is 5.71. The minimum absolute atomic E-state index is 0.639. The van der Waals surface area contributed by atoms with Gasteiger partial charge in [0.05, 0.1) is 6.54 Å². The predicted octanol–water partition coefficient (Wildman–Crippen LogP) is 1.24. The smallest absolute Gasteiger partial charge is 0.165 e. The summed E-state index contributed by atoms with van der Waals surface area (Å²) in [5.74, 6) is 2.38. The van der Waals surface area contributed by atoms with Crippen molar-refractivity contribution in [1.29, 1.82) is 0 Å². The van der Waals surface area contributed by atoms with Gasteiger partial charge in [-0.15, -0.1) is 5.10 Å². The molecular weight excluding hydrogens is 242 g/mol. The zero-order chi connectivity index (χ0) is 13.5. The van der Waals surface area contributed by atoms with E-state index in [2.05, 4.69) is 34.7 Å². The number of hydrogen-bond donors (Lipinski definition) is 1. The van der Waals surface area contributed by atoms with E-state index < -0.39 is 0 Å². The highest BCUT2D eigenvalue weighted by atomic mass is 16.5. The van der Waals surface area contributed by atoms with Crippen molar-refractivity contribution in [2.45, 2.75) is 46.2 Å². The molecule has 6 nitrogen and oxygen atoms in total. The molecule has 1 aliphatic rings. The van der Waals surface area contributed by atoms with Crippen LogP contribution in [-0.4, -0.2) is 40.0 Å². The molecule has 0 spiro atoms. The molecule has 1 fully saturated rings. The van der Waals surface area contributed by atoms with Crippen molar-refractivity contribution in [2.24, 2.45) is 11.8 Å². The number of aryl methyl sites for hydroxylation is 1. The van der Waals surface area contributed by atoms with Gasteiger partial charge in [-0.2, -0.15) is 0 Å². The van der Waals surface area contributed by atoms with E-state index in [1.54, 1.807) is 0 Å². The number of rotatable bonds is 10. The second-order valence-corrected chi connectivity index (χ2v) is 5.71. The Labute approximate surface area is 114 Å². The molecule has 0 saturated heterocycles. The Hall–Kier alpha value is -1.01. The van der Waals surface area contributed by atoms with Crippen molar-refractivity contribution < 1.29 is 4.74 Å². The lowest BCUT2D eigenvalue weighted by atomic mass is 10.2. The van der Waals surface area contributed by atoms with Crippen LogP contribution in [0.25, 0.3) is 0 Å². The molecule has 1 N–H and O–H groups in total. The van der Waals surface area contributed by atoms with Crippen molar-refractivity contribution in [3.63, 3.8) is 0 Å². The van der Waals surface area contributed by atoms with Crippen LogP contribution in [0.3, 0.4) is 0 Å². The summed E-state index contributed by atoms with van der Waals surface area (Å²) in [5.41, 5.74) is 0. The summed E-state index contributed by atoms with van der Waals surface area (Å²) in [5, 5.41) is 15.2. The summed E-state index contributed by atoms with van der Waals surface area (Å²) < 4.78 is 7.48. The molecule has 0 radical (unpaired) electrons. The van der Waals surface area contributed by atoms with Gasteiger partial charge in [0.2, 0.25) is 0 Å². The molecule has 1 aromatic rings. The largest absolute Gasteiger partial charge is 0.381 e. The number of tetrazole rings is 1. The lowest BCUT2D eigenvalue weighted by Crippen LogP contribution is -2.22. The highest BCUT2D eigenvalue weighted by Gasteiger charge is 2.20. The number of aromatic nitrogens is 4. The van der Waals surface area contributed by atoms with Crippen molar-refractivity contribution in [3.05, 3.63) is 5.82 Å². The van der Waals surface area contributed by atoms with Crippen molar-refractivity contribution >= 4 is 0 Å². The fourth-order valence-electron chi connectivity index (χ4n) is 1.85. The van der Waals surface area contributed by atoms with E-state index >= 15 is 0 Å². The number of nitrogens with one attached hydrogen (secondary N) is 1. The van der Waals surface area contributed by atoms with Gasteiger partial charge in [0, 0.05) is 19.8 Å². The molecule has 1 heterocycles. The molecule has 0 atom stereocenters. The van der Waals surface area contributed by atoms with Crippen molar-refractivity contribution in [3.8, 4) is 0 Å². The lowest BCUT2D eigenvalue weighted by molar-refractivity contribution is 0.118. The van der Waals surface area contributed by atoms with E-state index in [1.807, 2.05) is 4.68 Å². The minimum Gasteiger partial charge on any atom is -0.381 e. The number of nitrogens with zero attached hydrogens (tertiary/aromatic N) is 4. The summed E-state index contributed by atoms with van der Waals surface area (Å²) in [4.78, 5) is 0. The molecule has 1 aromatic heterocycles. The van der Waals surface area contributed by atoms with Crippen LogP contribution in [0.15, 0.2) is 0 Å². The molecule has 108 valence electrons. The Morgan fingerprint density at radius 3 is 3.00 bits per heavy atom. The van der Waals surface area contributed by atoms with Crippen LogP contribution < -0.4 is 5.32 Å². The molecule has 0 amide bonds. The van der Waals surface area contributed by atoms with Crippen LogP contribution in [0, 0.1) is 11.8 Å². The molecular formula is C13H25N5O. The van der Waals surface area contributed by atoms with Gasteiger partial charge in [-0.05, 0) is 48.1 Å². The summed E-state index contributed by atoms with van der Waals surface area (Å²) >= 11 is 0. The molecule has 0 bridgehead atoms. The van der Waals surface area contributed by atoms with Crippen molar-refractivity contribution in [2.75, 3.05) is 19.8 Å². The van der Waals surface area contributed by atoms with Gasteiger partial charge in [-0.3, -0.25) is 0 Å². The van der Waals surface area contributed by atoms with E-state index in [1.165, 1.54) is 12.8 Å². The minimum atomic E-state index is 0.639. The average molecular weight is 267 g/mol. The van der Waals surface area contributed by atoms with Gasteiger partial charge in [-0.25, -0.2) is 4.68 Å². The van der Waals surface area contributed by atoms with E-state index in [0.29, 0.717) is 5.92 Å². The quantitative estimate of drug-likeness (QED) is 0.646. The Morgan fingerprint density at radius 1 is 1.42 bits per heavy atom. The van der Waals surface area contributed by atoms with Gasteiger partial charge >= 0.3 is 0 Å². The maximum absolute atomic E-state index is 5.61. The zero-order valence-corrected chi connectivity index (χ0v) is 12.0. The molecule has 0 unspecified atom stereocenters. The van der Waals surface area contributed by atoms with E-state index in [9.17, 15) is 0 Å². The van der Waals surface area contributed by atoms with Gasteiger partial charge in [0.1, 0.15) is 0 Å². The van der Waals surface area contributed by atoms with Gasteiger partial charge in [-0.1, -0.05) is 13.8 Å². The molecule has 6 heteroatoms. The molecule has 1 saturated carbocycles. The normalized spacial score (nSPS) is 15.3. The van der Waals surface area contributed by atoms with E-state index in [0.717, 1.165) is 51.0 Å². The molecule has 19 heavy (non-hydrogen) atoms. The van der Waals surface area contributed by atoms with E-state index in [-0.39, 0.29) is 0 Å². The first kappa shape index (κ1) is 14.4. The second kappa shape index (κ2) is 7.55. The number of ether oxygens (including phenoxy) is 1. The Morgan fingerprint density at radius 2 is 2.26 bits per heavy atom. The summed E-state index contributed by atoms with van der Waals surface area (Å²) in [6, 6.07) is 0. The molecule has 0 aromatic carbocycles. The zero-order valence-electron chi connectivity index (χ0n) is 12.0.